The number of carboxylic acid groups (broad SMARTS) is 1. The molecule has 6 heteroatoms. The van der Waals surface area contributed by atoms with Crippen molar-refractivity contribution < 1.29 is 14.7 Å². The Balaban J connectivity index is 3.14. The summed E-state index contributed by atoms with van der Waals surface area (Å²) in [6.45, 7) is 2.51. The zero-order chi connectivity index (χ0) is 14.4. The molecule has 0 aliphatic carbocycles. The Bertz CT molecular complexity index is 534. The van der Waals surface area contributed by atoms with Crippen LogP contribution in [-0.2, 0) is 4.79 Å². The smallest absolute Gasteiger partial charge is 0.335 e. The van der Waals surface area contributed by atoms with Crippen molar-refractivity contribution in [1.82, 2.24) is 5.32 Å². The van der Waals surface area contributed by atoms with E-state index in [-0.39, 0.29) is 23.6 Å². The van der Waals surface area contributed by atoms with E-state index in [1.165, 1.54) is 19.2 Å². The summed E-state index contributed by atoms with van der Waals surface area (Å²) in [7, 11) is 1.54. The molecule has 0 saturated carbocycles. The first kappa shape index (κ1) is 14.5. The highest BCUT2D eigenvalue weighted by Gasteiger charge is 2.15. The Kier molecular flexibility index (Phi) is 4.89. The van der Waals surface area contributed by atoms with Gasteiger partial charge in [-0.15, -0.1) is 0 Å². The predicted octanol–water partition coefficient (Wildman–Crippen LogP) is 0.829. The average molecular weight is 261 g/mol. The molecule has 1 rings (SSSR count). The highest BCUT2D eigenvalue weighted by molar-refractivity contribution is 5.89. The number of benzene rings is 1. The van der Waals surface area contributed by atoms with E-state index < -0.39 is 5.97 Å². The first-order chi connectivity index (χ1) is 9.03. The topological polar surface area (TPSA) is 93.4 Å². The molecule has 0 unspecified atom stereocenters. The second-order valence-corrected chi connectivity index (χ2v) is 3.84. The third-order valence-corrected chi connectivity index (χ3v) is 2.70. The summed E-state index contributed by atoms with van der Waals surface area (Å²) in [4.78, 5) is 24.0. The van der Waals surface area contributed by atoms with Crippen molar-refractivity contribution >= 4 is 17.6 Å². The number of carboxylic acids is 1. The van der Waals surface area contributed by atoms with E-state index in [4.69, 9.17) is 10.4 Å². The molecule has 0 aliphatic heterocycles. The first-order valence-corrected chi connectivity index (χ1v) is 5.76. The maximum Gasteiger partial charge on any atom is 0.335 e. The molecule has 0 saturated heterocycles. The number of amides is 1. The van der Waals surface area contributed by atoms with Gasteiger partial charge in [-0.25, -0.2) is 4.79 Å². The number of nitrogens with one attached hydrogen (secondary N) is 1. The van der Waals surface area contributed by atoms with Gasteiger partial charge in [-0.2, -0.15) is 5.26 Å². The number of likely N-dealkylation sites (N-methyl/N-ethyl adjacent to an activating group) is 2. The molecule has 100 valence electrons. The van der Waals surface area contributed by atoms with Crippen molar-refractivity contribution in [1.29, 1.82) is 5.26 Å². The molecule has 6 nitrogen and oxygen atoms in total. The largest absolute Gasteiger partial charge is 0.478 e. The molecule has 0 heterocycles. The molecule has 1 aromatic carbocycles. The number of carbonyl (C=O) groups excluding carboxylic acids is 1. The summed E-state index contributed by atoms with van der Waals surface area (Å²) in [5, 5.41) is 20.5. The van der Waals surface area contributed by atoms with E-state index in [1.54, 1.807) is 11.0 Å². The lowest BCUT2D eigenvalue weighted by Crippen LogP contribution is -2.35. The van der Waals surface area contributed by atoms with Gasteiger partial charge < -0.3 is 15.3 Å². The zero-order valence-corrected chi connectivity index (χ0v) is 10.8. The van der Waals surface area contributed by atoms with Crippen LogP contribution in [0.2, 0.25) is 0 Å². The van der Waals surface area contributed by atoms with Crippen LogP contribution in [0.15, 0.2) is 18.2 Å². The van der Waals surface area contributed by atoms with Crippen LogP contribution < -0.4 is 10.2 Å². The standard InChI is InChI=1S/C13H15N3O3/c1-3-16(8-12(17)15-2)11-5-4-9(13(18)19)6-10(11)7-14/h4-6H,3,8H2,1-2H3,(H,15,17)(H,18,19). The Morgan fingerprint density at radius 2 is 2.16 bits per heavy atom. The lowest BCUT2D eigenvalue weighted by atomic mass is 10.1. The lowest BCUT2D eigenvalue weighted by Gasteiger charge is -2.23. The number of carbonyl (C=O) groups is 2. The molecule has 0 aromatic heterocycles. The van der Waals surface area contributed by atoms with Crippen LogP contribution in [0.3, 0.4) is 0 Å². The Morgan fingerprint density at radius 1 is 1.47 bits per heavy atom. The molecule has 2 N–H and O–H groups in total. The summed E-state index contributed by atoms with van der Waals surface area (Å²) in [5.74, 6) is -1.26. The summed E-state index contributed by atoms with van der Waals surface area (Å²) in [5.41, 5.74) is 0.848. The molecular formula is C13H15N3O3. The minimum absolute atomic E-state index is 0.0521. The third-order valence-electron chi connectivity index (χ3n) is 2.70. The van der Waals surface area contributed by atoms with Crippen molar-refractivity contribution in [3.8, 4) is 6.07 Å². The summed E-state index contributed by atoms with van der Waals surface area (Å²) >= 11 is 0. The molecular weight excluding hydrogens is 246 g/mol. The van der Waals surface area contributed by atoms with Gasteiger partial charge in [0, 0.05) is 13.6 Å². The fourth-order valence-corrected chi connectivity index (χ4v) is 1.65. The van der Waals surface area contributed by atoms with Crippen molar-refractivity contribution in [2.45, 2.75) is 6.92 Å². The Labute approximate surface area is 111 Å². The first-order valence-electron chi connectivity index (χ1n) is 5.76. The van der Waals surface area contributed by atoms with E-state index in [0.29, 0.717) is 12.2 Å². The highest BCUT2D eigenvalue weighted by Crippen LogP contribution is 2.21. The van der Waals surface area contributed by atoms with Gasteiger partial charge in [0.2, 0.25) is 5.91 Å². The maximum atomic E-state index is 11.4. The minimum atomic E-state index is -1.09. The van der Waals surface area contributed by atoms with Crippen LogP contribution in [-0.4, -0.2) is 37.1 Å². The van der Waals surface area contributed by atoms with Gasteiger partial charge in [-0.1, -0.05) is 0 Å². The average Bonchev–Trinajstić information content (AvgIpc) is 2.43. The monoisotopic (exact) mass is 261 g/mol. The van der Waals surface area contributed by atoms with Crippen LogP contribution in [0.25, 0.3) is 0 Å². The van der Waals surface area contributed by atoms with Crippen molar-refractivity contribution in [3.05, 3.63) is 29.3 Å². The van der Waals surface area contributed by atoms with Gasteiger partial charge >= 0.3 is 5.97 Å². The van der Waals surface area contributed by atoms with Crippen LogP contribution in [0.4, 0.5) is 5.69 Å². The van der Waals surface area contributed by atoms with Crippen molar-refractivity contribution in [3.63, 3.8) is 0 Å². The molecule has 0 bridgehead atoms. The number of aromatic carboxylic acids is 1. The normalized spacial score (nSPS) is 9.53. The van der Waals surface area contributed by atoms with Gasteiger partial charge in [0.25, 0.3) is 0 Å². The van der Waals surface area contributed by atoms with Crippen LogP contribution >= 0.6 is 0 Å². The maximum absolute atomic E-state index is 11.4. The minimum Gasteiger partial charge on any atom is -0.478 e. The predicted molar refractivity (Wildman–Crippen MR) is 70.1 cm³/mol. The second-order valence-electron chi connectivity index (χ2n) is 3.84. The molecule has 0 atom stereocenters. The van der Waals surface area contributed by atoms with Crippen LogP contribution in [0, 0.1) is 11.3 Å². The second kappa shape index (κ2) is 6.40. The summed E-state index contributed by atoms with van der Waals surface area (Å²) in [6, 6.07) is 6.24. The van der Waals surface area contributed by atoms with Crippen molar-refractivity contribution in [2.24, 2.45) is 0 Å². The molecule has 0 aliphatic rings. The van der Waals surface area contributed by atoms with Crippen molar-refractivity contribution in [2.75, 3.05) is 25.0 Å². The van der Waals surface area contributed by atoms with Crippen LogP contribution in [0.1, 0.15) is 22.8 Å². The number of hydrogen-bond acceptors (Lipinski definition) is 4. The Hall–Kier alpha value is -2.55. The highest BCUT2D eigenvalue weighted by atomic mass is 16.4. The third kappa shape index (κ3) is 3.45. The SMILES string of the molecule is CCN(CC(=O)NC)c1ccc(C(=O)O)cc1C#N. The van der Waals surface area contributed by atoms with Gasteiger partial charge in [0.05, 0.1) is 23.4 Å². The number of nitriles is 1. The molecule has 0 spiro atoms. The van der Waals surface area contributed by atoms with E-state index in [0.717, 1.165) is 0 Å². The Morgan fingerprint density at radius 3 is 2.63 bits per heavy atom. The van der Waals surface area contributed by atoms with E-state index in [1.807, 2.05) is 13.0 Å². The number of anilines is 1. The molecule has 0 fully saturated rings. The number of rotatable bonds is 5. The summed E-state index contributed by atoms with van der Waals surface area (Å²) in [6.07, 6.45) is 0. The molecule has 0 radical (unpaired) electrons. The van der Waals surface area contributed by atoms with E-state index in [9.17, 15) is 9.59 Å². The number of hydrogen-bond donors (Lipinski definition) is 2. The summed E-state index contributed by atoms with van der Waals surface area (Å²) < 4.78 is 0. The fraction of sp³-hybridized carbons (Fsp3) is 0.308. The van der Waals surface area contributed by atoms with Gasteiger partial charge in [-0.05, 0) is 25.1 Å². The van der Waals surface area contributed by atoms with Gasteiger partial charge in [0.15, 0.2) is 0 Å². The van der Waals surface area contributed by atoms with E-state index >= 15 is 0 Å². The van der Waals surface area contributed by atoms with Gasteiger partial charge in [0.1, 0.15) is 6.07 Å². The quantitative estimate of drug-likeness (QED) is 0.818. The lowest BCUT2D eigenvalue weighted by molar-refractivity contribution is -0.119. The number of nitrogens with zero attached hydrogens (tertiary/aromatic N) is 2. The van der Waals surface area contributed by atoms with E-state index in [2.05, 4.69) is 5.32 Å². The van der Waals surface area contributed by atoms with Crippen LogP contribution in [0.5, 0.6) is 0 Å². The molecule has 1 aromatic rings. The fourth-order valence-electron chi connectivity index (χ4n) is 1.65. The zero-order valence-electron chi connectivity index (χ0n) is 10.8. The molecule has 19 heavy (non-hydrogen) atoms. The van der Waals surface area contributed by atoms with Gasteiger partial charge in [-0.3, -0.25) is 4.79 Å². The molecule has 1 amide bonds.